The standard InChI is InChI=1S/C31H33F3N2O6S/c1-40-28-17-22-13-16-36(30(37)21-9-11-25(12-10-21)43(38,39)35-14-4-3-5-15-35)27(26(22)19-29(28)41-2)20-42-24-8-6-7-23(18-24)31(32,33)34/h6-12,17-19,27H,3-5,13-16,20H2,1-2H3. The van der Waals surface area contributed by atoms with E-state index < -0.39 is 27.8 Å². The fourth-order valence-corrected chi connectivity index (χ4v) is 7.10. The summed E-state index contributed by atoms with van der Waals surface area (Å²) in [6.07, 6.45) is -1.42. The molecule has 1 saturated heterocycles. The third kappa shape index (κ3) is 6.45. The molecule has 1 amide bonds. The topological polar surface area (TPSA) is 85.4 Å². The number of fused-ring (bicyclic) bond motifs is 1. The number of sulfonamides is 1. The number of piperidine rings is 1. The van der Waals surface area contributed by atoms with E-state index in [4.69, 9.17) is 14.2 Å². The van der Waals surface area contributed by atoms with E-state index in [0.717, 1.165) is 37.0 Å². The second-order valence-electron chi connectivity index (χ2n) is 10.5. The van der Waals surface area contributed by atoms with E-state index in [1.807, 2.05) is 6.07 Å². The van der Waals surface area contributed by atoms with Crippen LogP contribution in [0.2, 0.25) is 0 Å². The molecule has 0 radical (unpaired) electrons. The molecule has 0 saturated carbocycles. The number of ether oxygens (including phenoxy) is 3. The minimum absolute atomic E-state index is 0.0158. The third-order valence-electron chi connectivity index (χ3n) is 7.89. The van der Waals surface area contributed by atoms with Gasteiger partial charge in [-0.15, -0.1) is 0 Å². The Hall–Kier alpha value is -3.77. The average Bonchev–Trinajstić information content (AvgIpc) is 3.02. The van der Waals surface area contributed by atoms with Crippen LogP contribution in [0.1, 0.15) is 52.4 Å². The van der Waals surface area contributed by atoms with Gasteiger partial charge >= 0.3 is 6.18 Å². The van der Waals surface area contributed by atoms with Gasteiger partial charge in [0.15, 0.2) is 11.5 Å². The molecule has 0 aromatic heterocycles. The van der Waals surface area contributed by atoms with E-state index in [0.29, 0.717) is 43.1 Å². The van der Waals surface area contributed by atoms with Gasteiger partial charge in [-0.1, -0.05) is 12.5 Å². The number of amides is 1. The first kappa shape index (κ1) is 30.7. The van der Waals surface area contributed by atoms with Gasteiger partial charge < -0.3 is 19.1 Å². The molecule has 2 aliphatic heterocycles. The fraction of sp³-hybridized carbons (Fsp3) is 0.387. The lowest BCUT2D eigenvalue weighted by atomic mass is 9.91. The maximum absolute atomic E-state index is 13.9. The number of benzene rings is 3. The zero-order valence-electron chi connectivity index (χ0n) is 23.9. The first-order valence-corrected chi connectivity index (χ1v) is 15.4. The molecule has 2 aliphatic rings. The van der Waals surface area contributed by atoms with Gasteiger partial charge in [-0.2, -0.15) is 17.5 Å². The van der Waals surface area contributed by atoms with Gasteiger partial charge in [-0.25, -0.2) is 8.42 Å². The summed E-state index contributed by atoms with van der Waals surface area (Å²) >= 11 is 0. The monoisotopic (exact) mass is 618 g/mol. The van der Waals surface area contributed by atoms with Crippen molar-refractivity contribution in [3.8, 4) is 17.2 Å². The van der Waals surface area contributed by atoms with E-state index in [1.165, 1.54) is 54.9 Å². The SMILES string of the molecule is COc1cc2c(cc1OC)C(COc1cccc(C(F)(F)F)c1)N(C(=O)c1ccc(S(=O)(=O)N3CCCCC3)cc1)CC2. The Labute approximate surface area is 249 Å². The Morgan fingerprint density at radius 3 is 2.23 bits per heavy atom. The summed E-state index contributed by atoms with van der Waals surface area (Å²) in [7, 11) is -0.655. The first-order valence-electron chi connectivity index (χ1n) is 14.0. The van der Waals surface area contributed by atoms with Crippen LogP contribution in [-0.4, -0.2) is 64.0 Å². The van der Waals surface area contributed by atoms with Gasteiger partial charge in [0.25, 0.3) is 5.91 Å². The number of halogens is 3. The Morgan fingerprint density at radius 1 is 0.907 bits per heavy atom. The molecular formula is C31H33F3N2O6S. The molecule has 1 atom stereocenters. The maximum atomic E-state index is 13.9. The van der Waals surface area contributed by atoms with Gasteiger partial charge in [0.05, 0.1) is 30.7 Å². The minimum Gasteiger partial charge on any atom is -0.493 e. The minimum atomic E-state index is -4.53. The number of methoxy groups -OCH3 is 2. The lowest BCUT2D eigenvalue weighted by Gasteiger charge is -2.37. The molecule has 12 heteroatoms. The van der Waals surface area contributed by atoms with Crippen LogP contribution in [0.5, 0.6) is 17.2 Å². The van der Waals surface area contributed by atoms with E-state index in [1.54, 1.807) is 11.0 Å². The van der Waals surface area contributed by atoms with Crippen molar-refractivity contribution in [2.75, 3.05) is 40.5 Å². The van der Waals surface area contributed by atoms with Crippen LogP contribution in [0.3, 0.4) is 0 Å². The summed E-state index contributed by atoms with van der Waals surface area (Å²) in [5.41, 5.74) is 1.05. The van der Waals surface area contributed by atoms with Crippen LogP contribution in [0.15, 0.2) is 65.6 Å². The Kier molecular flexibility index (Phi) is 8.89. The number of nitrogens with zero attached hydrogens (tertiary/aromatic N) is 2. The molecular weight excluding hydrogens is 585 g/mol. The van der Waals surface area contributed by atoms with Crippen LogP contribution in [0.25, 0.3) is 0 Å². The highest BCUT2D eigenvalue weighted by Crippen LogP contribution is 2.39. The number of carbonyl (C=O) groups is 1. The van der Waals surface area contributed by atoms with E-state index >= 15 is 0 Å². The Bertz CT molecular complexity index is 1570. The molecule has 0 aliphatic carbocycles. The molecule has 230 valence electrons. The molecule has 2 heterocycles. The molecule has 3 aromatic carbocycles. The summed E-state index contributed by atoms with van der Waals surface area (Å²) in [5, 5.41) is 0. The van der Waals surface area contributed by atoms with Crippen LogP contribution in [0.4, 0.5) is 13.2 Å². The Balaban J connectivity index is 1.44. The van der Waals surface area contributed by atoms with Crippen LogP contribution < -0.4 is 14.2 Å². The lowest BCUT2D eigenvalue weighted by Crippen LogP contribution is -2.42. The number of hydrogen-bond acceptors (Lipinski definition) is 6. The summed E-state index contributed by atoms with van der Waals surface area (Å²) in [4.78, 5) is 15.6. The van der Waals surface area contributed by atoms with E-state index in [9.17, 15) is 26.4 Å². The van der Waals surface area contributed by atoms with E-state index in [-0.39, 0.29) is 28.7 Å². The fourth-order valence-electron chi connectivity index (χ4n) is 5.58. The predicted octanol–water partition coefficient (Wildman–Crippen LogP) is 5.72. The first-order chi connectivity index (χ1) is 20.5. The van der Waals surface area contributed by atoms with Gasteiger partial charge in [0.2, 0.25) is 10.0 Å². The number of hydrogen-bond donors (Lipinski definition) is 0. The van der Waals surface area contributed by atoms with Crippen molar-refractivity contribution in [2.24, 2.45) is 0 Å². The van der Waals surface area contributed by atoms with Gasteiger partial charge in [0.1, 0.15) is 12.4 Å². The van der Waals surface area contributed by atoms with E-state index in [2.05, 4.69) is 0 Å². The van der Waals surface area contributed by atoms with Crippen molar-refractivity contribution in [3.63, 3.8) is 0 Å². The molecule has 0 spiro atoms. The second kappa shape index (κ2) is 12.5. The van der Waals surface area contributed by atoms with Crippen molar-refractivity contribution in [1.29, 1.82) is 0 Å². The quantitative estimate of drug-likeness (QED) is 0.321. The highest BCUT2D eigenvalue weighted by Gasteiger charge is 2.35. The van der Waals surface area contributed by atoms with Gasteiger partial charge in [-0.3, -0.25) is 4.79 Å². The van der Waals surface area contributed by atoms with Gasteiger partial charge in [0, 0.05) is 25.2 Å². The summed E-state index contributed by atoms with van der Waals surface area (Å²) in [5.74, 6) is 0.609. The van der Waals surface area contributed by atoms with Crippen molar-refractivity contribution < 1.29 is 40.6 Å². The average molecular weight is 619 g/mol. The molecule has 5 rings (SSSR count). The molecule has 1 fully saturated rings. The maximum Gasteiger partial charge on any atom is 0.416 e. The zero-order valence-corrected chi connectivity index (χ0v) is 24.7. The lowest BCUT2D eigenvalue weighted by molar-refractivity contribution is -0.137. The van der Waals surface area contributed by atoms with Crippen molar-refractivity contribution in [2.45, 2.75) is 42.8 Å². The Morgan fingerprint density at radius 2 is 1.58 bits per heavy atom. The molecule has 3 aromatic rings. The number of rotatable bonds is 8. The smallest absolute Gasteiger partial charge is 0.416 e. The number of alkyl halides is 3. The predicted molar refractivity (Wildman–Crippen MR) is 153 cm³/mol. The molecule has 0 bridgehead atoms. The van der Waals surface area contributed by atoms with Crippen LogP contribution in [-0.2, 0) is 22.6 Å². The van der Waals surface area contributed by atoms with Crippen LogP contribution >= 0.6 is 0 Å². The van der Waals surface area contributed by atoms with Crippen molar-refractivity contribution in [3.05, 3.63) is 82.9 Å². The zero-order chi connectivity index (χ0) is 30.8. The highest BCUT2D eigenvalue weighted by atomic mass is 32.2. The number of carbonyl (C=O) groups excluding carboxylic acids is 1. The summed E-state index contributed by atoms with van der Waals surface area (Å²) in [6.45, 7) is 1.11. The van der Waals surface area contributed by atoms with Crippen LogP contribution in [0, 0.1) is 0 Å². The highest BCUT2D eigenvalue weighted by molar-refractivity contribution is 7.89. The molecule has 1 unspecified atom stereocenters. The third-order valence-corrected chi connectivity index (χ3v) is 9.80. The largest absolute Gasteiger partial charge is 0.493 e. The molecule has 43 heavy (non-hydrogen) atoms. The van der Waals surface area contributed by atoms with Crippen molar-refractivity contribution >= 4 is 15.9 Å². The summed E-state index contributed by atoms with van der Waals surface area (Å²) < 4.78 is 84.4. The molecule has 8 nitrogen and oxygen atoms in total. The second-order valence-corrected chi connectivity index (χ2v) is 12.4. The molecule has 0 N–H and O–H groups in total. The normalized spacial score (nSPS) is 17.7. The van der Waals surface area contributed by atoms with Gasteiger partial charge in [-0.05, 0) is 85.0 Å². The summed E-state index contributed by atoms with van der Waals surface area (Å²) in [6, 6.07) is 13.4. The van der Waals surface area contributed by atoms with Crippen molar-refractivity contribution in [1.82, 2.24) is 9.21 Å².